The first-order valence-electron chi connectivity index (χ1n) is 8.67. The lowest BCUT2D eigenvalue weighted by atomic mass is 10.4. The van der Waals surface area contributed by atoms with Crippen molar-refractivity contribution < 1.29 is 34.3 Å². The SMILES string of the molecule is CCCC[P+](C)(CCCC)CCCC.COS(=O)(=O)[O-].COS(=O)(=O)[O-].[NH4+]. The summed E-state index contributed by atoms with van der Waals surface area (Å²) < 4.78 is 62.0. The van der Waals surface area contributed by atoms with Crippen LogP contribution in [0, 0.1) is 0 Å². The Labute approximate surface area is 167 Å². The van der Waals surface area contributed by atoms with E-state index in [1.54, 1.807) is 18.5 Å². The van der Waals surface area contributed by atoms with Crippen molar-refractivity contribution in [3.05, 3.63) is 0 Å². The van der Waals surface area contributed by atoms with Gasteiger partial charge in [0.1, 0.15) is 0 Å². The van der Waals surface area contributed by atoms with Crippen molar-refractivity contribution in [3.8, 4) is 0 Å². The second kappa shape index (κ2) is 19.4. The predicted octanol–water partition coefficient (Wildman–Crippen LogP) is 3.60. The van der Waals surface area contributed by atoms with Crippen molar-refractivity contribution in [2.45, 2.75) is 59.3 Å². The average Bonchev–Trinajstić information content (AvgIpc) is 2.56. The zero-order valence-electron chi connectivity index (χ0n) is 17.9. The molecule has 0 aliphatic heterocycles. The Kier molecular flexibility index (Phi) is 24.9. The molecule has 0 saturated heterocycles. The van der Waals surface area contributed by atoms with Crippen LogP contribution < -0.4 is 6.15 Å². The summed E-state index contributed by atoms with van der Waals surface area (Å²) in [6, 6.07) is 0. The van der Waals surface area contributed by atoms with E-state index in [2.05, 4.69) is 35.8 Å². The fourth-order valence-electron chi connectivity index (χ4n) is 1.95. The first kappa shape index (κ1) is 34.6. The highest BCUT2D eigenvalue weighted by Crippen LogP contribution is 2.57. The summed E-state index contributed by atoms with van der Waals surface area (Å²) in [4.78, 5) is 0. The van der Waals surface area contributed by atoms with Crippen molar-refractivity contribution in [2.24, 2.45) is 0 Å². The van der Waals surface area contributed by atoms with Crippen LogP contribution in [-0.4, -0.2) is 65.3 Å². The maximum Gasteiger partial charge on any atom is 0.217 e. The lowest BCUT2D eigenvalue weighted by Gasteiger charge is -2.22. The van der Waals surface area contributed by atoms with Gasteiger partial charge in [0.25, 0.3) is 0 Å². The molecule has 0 radical (unpaired) electrons. The smallest absolute Gasteiger partial charge is 0.217 e. The molecule has 0 amide bonds. The van der Waals surface area contributed by atoms with E-state index in [-0.39, 0.29) is 6.15 Å². The first-order valence-corrected chi connectivity index (χ1v) is 14.1. The van der Waals surface area contributed by atoms with E-state index in [9.17, 15) is 25.9 Å². The third-order valence-electron chi connectivity index (χ3n) is 3.56. The minimum atomic E-state index is -4.41. The number of hydrogen-bond donors (Lipinski definition) is 1. The van der Waals surface area contributed by atoms with Crippen LogP contribution in [0.5, 0.6) is 0 Å². The van der Waals surface area contributed by atoms with Crippen LogP contribution in [0.1, 0.15) is 59.3 Å². The molecule has 0 rings (SSSR count). The van der Waals surface area contributed by atoms with Gasteiger partial charge in [0.05, 0.1) is 32.7 Å². The maximum absolute atomic E-state index is 9.22. The Hall–Kier alpha value is 0.130. The molecule has 0 aromatic carbocycles. The van der Waals surface area contributed by atoms with Crippen LogP contribution in [0.15, 0.2) is 0 Å². The summed E-state index contributed by atoms with van der Waals surface area (Å²) in [6.45, 7) is 9.59. The van der Waals surface area contributed by atoms with E-state index in [0.717, 1.165) is 14.2 Å². The summed E-state index contributed by atoms with van der Waals surface area (Å²) in [7, 11) is -7.73. The molecule has 12 heteroatoms. The minimum Gasteiger partial charge on any atom is -0.726 e. The number of hydrogen-bond acceptors (Lipinski definition) is 8. The molecule has 0 bridgehead atoms. The molecule has 27 heavy (non-hydrogen) atoms. The number of rotatable bonds is 11. The standard InChI is InChI=1S/C13H30P.2CH4O4S.H3N/c1-5-8-11-14(4,12-9-6-2)13-10-7-3;2*1-5-6(2,3)4;/h5-13H2,1-4H3;2*1H3,(H,2,3,4);1H3/q+1;;;/p-1. The fraction of sp³-hybridized carbons (Fsp3) is 1.00. The molecule has 0 spiro atoms. The summed E-state index contributed by atoms with van der Waals surface area (Å²) in [6.07, 6.45) is 13.2. The molecule has 170 valence electrons. The summed E-state index contributed by atoms with van der Waals surface area (Å²) in [5.74, 6) is 0. The monoisotopic (exact) mass is 457 g/mol. The molecule has 0 atom stereocenters. The number of quaternary nitrogens is 1. The quantitative estimate of drug-likeness (QED) is 0.278. The second-order valence-electron chi connectivity index (χ2n) is 6.00. The third-order valence-corrected chi connectivity index (χ3v) is 8.57. The topological polar surface area (TPSA) is 169 Å². The van der Waals surface area contributed by atoms with E-state index >= 15 is 0 Å². The van der Waals surface area contributed by atoms with Gasteiger partial charge in [-0.25, -0.2) is 16.8 Å². The van der Waals surface area contributed by atoms with Crippen LogP contribution in [0.3, 0.4) is 0 Å². The van der Waals surface area contributed by atoms with E-state index in [1.165, 1.54) is 38.5 Å². The fourth-order valence-corrected chi connectivity index (χ4v) is 5.86. The van der Waals surface area contributed by atoms with Gasteiger partial charge < -0.3 is 15.3 Å². The molecule has 0 fully saturated rings. The van der Waals surface area contributed by atoms with Crippen molar-refractivity contribution in [1.29, 1.82) is 0 Å². The number of unbranched alkanes of at least 4 members (excludes halogenated alkanes) is 3. The van der Waals surface area contributed by atoms with Gasteiger partial charge in [-0.3, -0.25) is 8.37 Å². The Morgan fingerprint density at radius 2 is 0.889 bits per heavy atom. The first-order chi connectivity index (χ1) is 11.8. The Balaban J connectivity index is -0.000000170. The second-order valence-corrected chi connectivity index (χ2v) is 12.9. The lowest BCUT2D eigenvalue weighted by Crippen LogP contribution is -2.07. The van der Waals surface area contributed by atoms with Gasteiger partial charge in [0.15, 0.2) is 0 Å². The predicted molar refractivity (Wildman–Crippen MR) is 112 cm³/mol. The van der Waals surface area contributed by atoms with Crippen molar-refractivity contribution >= 4 is 28.1 Å². The molecule has 0 aromatic heterocycles. The zero-order valence-corrected chi connectivity index (χ0v) is 20.4. The molecule has 0 heterocycles. The van der Waals surface area contributed by atoms with E-state index in [4.69, 9.17) is 0 Å². The summed E-state index contributed by atoms with van der Waals surface area (Å²) >= 11 is 0. The molecular formula is C15H40NO8PS2. The molecule has 0 aliphatic rings. The van der Waals surface area contributed by atoms with E-state index in [1.807, 2.05) is 0 Å². The Bertz CT molecular complexity index is 458. The van der Waals surface area contributed by atoms with Gasteiger partial charge >= 0.3 is 0 Å². The summed E-state index contributed by atoms with van der Waals surface area (Å²) in [5.41, 5.74) is 0. The van der Waals surface area contributed by atoms with Gasteiger partial charge in [0, 0.05) is 13.9 Å². The van der Waals surface area contributed by atoms with E-state index in [0.29, 0.717) is 0 Å². The van der Waals surface area contributed by atoms with E-state index < -0.39 is 28.1 Å². The largest absolute Gasteiger partial charge is 0.726 e. The van der Waals surface area contributed by atoms with Gasteiger partial charge in [-0.2, -0.15) is 0 Å². The molecule has 0 unspecified atom stereocenters. The molecule has 9 nitrogen and oxygen atoms in total. The lowest BCUT2D eigenvalue weighted by molar-refractivity contribution is 0.312. The van der Waals surface area contributed by atoms with Crippen LogP contribution in [-0.2, 0) is 29.2 Å². The summed E-state index contributed by atoms with van der Waals surface area (Å²) in [5, 5.41) is 0. The van der Waals surface area contributed by atoms with Gasteiger partial charge in [-0.15, -0.1) is 0 Å². The third kappa shape index (κ3) is 34.1. The highest BCUT2D eigenvalue weighted by atomic mass is 32.3. The van der Waals surface area contributed by atoms with Crippen molar-refractivity contribution in [2.75, 3.05) is 39.4 Å². The van der Waals surface area contributed by atoms with Crippen LogP contribution >= 0.6 is 7.26 Å². The van der Waals surface area contributed by atoms with Crippen LogP contribution in [0.2, 0.25) is 0 Å². The Morgan fingerprint density at radius 3 is 1.00 bits per heavy atom. The zero-order chi connectivity index (χ0) is 21.3. The molecule has 0 aromatic rings. The molecule has 4 N–H and O–H groups in total. The highest BCUT2D eigenvalue weighted by Gasteiger charge is 2.28. The average molecular weight is 458 g/mol. The molecular weight excluding hydrogens is 417 g/mol. The van der Waals surface area contributed by atoms with Gasteiger partial charge in [-0.05, 0) is 19.3 Å². The van der Waals surface area contributed by atoms with Crippen molar-refractivity contribution in [3.63, 3.8) is 0 Å². The normalized spacial score (nSPS) is 11.4. The maximum atomic E-state index is 9.22. The highest BCUT2D eigenvalue weighted by molar-refractivity contribution is 7.81. The van der Waals surface area contributed by atoms with Gasteiger partial charge in [0.2, 0.25) is 20.8 Å². The van der Waals surface area contributed by atoms with Crippen molar-refractivity contribution in [1.82, 2.24) is 6.15 Å². The van der Waals surface area contributed by atoms with Gasteiger partial charge in [-0.1, -0.05) is 40.0 Å². The van der Waals surface area contributed by atoms with Crippen LogP contribution in [0.25, 0.3) is 0 Å². The minimum absolute atomic E-state index is 0. The van der Waals surface area contributed by atoms with Crippen LogP contribution in [0.4, 0.5) is 0 Å². The molecule has 0 saturated carbocycles. The Morgan fingerprint density at radius 1 is 0.704 bits per heavy atom. The molecule has 0 aliphatic carbocycles.